The zero-order valence-corrected chi connectivity index (χ0v) is 22.1. The van der Waals surface area contributed by atoms with Crippen molar-refractivity contribution < 1.29 is 27.0 Å². The van der Waals surface area contributed by atoms with Gasteiger partial charge in [-0.15, -0.1) is 0 Å². The Balaban J connectivity index is 1.75. The maximum absolute atomic E-state index is 13.3. The van der Waals surface area contributed by atoms with E-state index in [2.05, 4.69) is 21.2 Å². The molecule has 1 fully saturated rings. The van der Waals surface area contributed by atoms with Crippen LogP contribution in [0.25, 0.3) is 6.08 Å². The molecule has 4 rings (SSSR count). The molecule has 3 aromatic rings. The summed E-state index contributed by atoms with van der Waals surface area (Å²) in [6.07, 6.45) is 1.18. The van der Waals surface area contributed by atoms with Gasteiger partial charge in [0.25, 0.3) is 11.8 Å². The molecular formula is C25H18BrClN2O6S. The molecule has 0 spiro atoms. The molecule has 1 saturated heterocycles. The van der Waals surface area contributed by atoms with Gasteiger partial charge in [-0.1, -0.05) is 33.6 Å². The summed E-state index contributed by atoms with van der Waals surface area (Å²) in [5.74, 6) is -1.91. The highest BCUT2D eigenvalue weighted by molar-refractivity contribution is 9.10. The number of aryl methyl sites for hydroxylation is 2. The molecule has 184 valence electrons. The molecule has 1 aliphatic rings. The fourth-order valence-corrected chi connectivity index (χ4v) is 4.85. The number of halogens is 2. The first-order valence-electron chi connectivity index (χ1n) is 10.4. The van der Waals surface area contributed by atoms with E-state index in [0.29, 0.717) is 9.50 Å². The van der Waals surface area contributed by atoms with Gasteiger partial charge in [0.05, 0.1) is 5.69 Å². The second-order valence-electron chi connectivity index (χ2n) is 7.90. The molecule has 0 atom stereocenters. The molecule has 0 aromatic heterocycles. The molecule has 4 amide bonds. The maximum atomic E-state index is 13.3. The van der Waals surface area contributed by atoms with Crippen molar-refractivity contribution >= 4 is 67.3 Å². The van der Waals surface area contributed by atoms with E-state index in [9.17, 15) is 22.8 Å². The summed E-state index contributed by atoms with van der Waals surface area (Å²) in [5.41, 5.74) is 1.85. The Kier molecular flexibility index (Phi) is 7.03. The molecule has 8 nitrogen and oxygen atoms in total. The Bertz CT molecular complexity index is 1550. The van der Waals surface area contributed by atoms with Crippen LogP contribution in [0.2, 0.25) is 5.02 Å². The average molecular weight is 590 g/mol. The third-order valence-corrected chi connectivity index (χ3v) is 7.42. The number of anilines is 1. The minimum atomic E-state index is -4.26. The van der Waals surface area contributed by atoms with Crippen molar-refractivity contribution in [2.45, 2.75) is 18.7 Å². The topological polar surface area (TPSA) is 110 Å². The number of barbiturate groups is 1. The molecule has 1 aliphatic heterocycles. The van der Waals surface area contributed by atoms with Crippen LogP contribution in [0.1, 0.15) is 16.7 Å². The lowest BCUT2D eigenvalue weighted by Crippen LogP contribution is -2.54. The highest BCUT2D eigenvalue weighted by atomic mass is 79.9. The van der Waals surface area contributed by atoms with Gasteiger partial charge in [0.15, 0.2) is 0 Å². The number of urea groups is 1. The molecule has 0 saturated carbocycles. The number of carbonyl (C=O) groups is 3. The number of hydrogen-bond donors (Lipinski definition) is 1. The number of benzene rings is 3. The summed E-state index contributed by atoms with van der Waals surface area (Å²) >= 11 is 9.13. The van der Waals surface area contributed by atoms with E-state index in [1.165, 1.54) is 42.5 Å². The largest absolute Gasteiger partial charge is 0.378 e. The van der Waals surface area contributed by atoms with Crippen molar-refractivity contribution in [3.63, 3.8) is 0 Å². The number of nitrogens with zero attached hydrogens (tertiary/aromatic N) is 1. The van der Waals surface area contributed by atoms with Crippen molar-refractivity contribution in [3.05, 3.63) is 92.4 Å². The van der Waals surface area contributed by atoms with E-state index in [-0.39, 0.29) is 27.5 Å². The summed E-state index contributed by atoms with van der Waals surface area (Å²) in [4.78, 5) is 39.1. The van der Waals surface area contributed by atoms with Gasteiger partial charge in [-0.05, 0) is 85.6 Å². The molecule has 0 unspecified atom stereocenters. The van der Waals surface area contributed by atoms with E-state index in [0.717, 1.165) is 16.0 Å². The lowest BCUT2D eigenvalue weighted by atomic mass is 10.0. The number of carbonyl (C=O) groups excluding carboxylic acids is 3. The van der Waals surface area contributed by atoms with Gasteiger partial charge in [-0.3, -0.25) is 14.9 Å². The van der Waals surface area contributed by atoms with Crippen LogP contribution in [0, 0.1) is 13.8 Å². The Labute approximate surface area is 220 Å². The average Bonchev–Trinajstić information content (AvgIpc) is 2.80. The Morgan fingerprint density at radius 3 is 2.31 bits per heavy atom. The number of amides is 4. The zero-order valence-electron chi connectivity index (χ0n) is 18.9. The zero-order chi connectivity index (χ0) is 26.2. The highest BCUT2D eigenvalue weighted by Gasteiger charge is 2.37. The van der Waals surface area contributed by atoms with Crippen LogP contribution in [0.4, 0.5) is 10.5 Å². The molecule has 36 heavy (non-hydrogen) atoms. The SMILES string of the molecule is Cc1ccc(N2C(=O)NC(=O)/C(=C\c3cc(Br)ccc3OS(=O)(=O)c3ccc(Cl)cc3)C2=O)cc1C. The Hall–Kier alpha value is -3.47. The summed E-state index contributed by atoms with van der Waals surface area (Å²) in [5, 5.41) is 2.51. The lowest BCUT2D eigenvalue weighted by Gasteiger charge is -2.27. The lowest BCUT2D eigenvalue weighted by molar-refractivity contribution is -0.122. The molecule has 3 aromatic carbocycles. The van der Waals surface area contributed by atoms with Crippen molar-refractivity contribution in [1.82, 2.24) is 5.32 Å². The first-order valence-corrected chi connectivity index (χ1v) is 13.0. The second kappa shape index (κ2) is 9.88. The molecule has 11 heteroatoms. The van der Waals surface area contributed by atoms with Crippen molar-refractivity contribution in [2.24, 2.45) is 0 Å². The predicted octanol–water partition coefficient (Wildman–Crippen LogP) is 5.15. The minimum Gasteiger partial charge on any atom is -0.378 e. The summed E-state index contributed by atoms with van der Waals surface area (Å²) in [7, 11) is -4.26. The molecule has 1 N–H and O–H groups in total. The van der Waals surface area contributed by atoms with Gasteiger partial charge in [-0.2, -0.15) is 8.42 Å². The number of imide groups is 2. The van der Waals surface area contributed by atoms with Gasteiger partial charge in [0.1, 0.15) is 16.2 Å². The summed E-state index contributed by atoms with van der Waals surface area (Å²) in [6, 6.07) is 13.9. The predicted molar refractivity (Wildman–Crippen MR) is 138 cm³/mol. The van der Waals surface area contributed by atoms with Crippen LogP contribution < -0.4 is 14.4 Å². The second-order valence-corrected chi connectivity index (χ2v) is 10.8. The van der Waals surface area contributed by atoms with E-state index in [1.54, 1.807) is 24.3 Å². The summed E-state index contributed by atoms with van der Waals surface area (Å²) in [6.45, 7) is 3.72. The van der Waals surface area contributed by atoms with Gasteiger partial charge in [0.2, 0.25) is 0 Å². The van der Waals surface area contributed by atoms with Crippen LogP contribution in [0.5, 0.6) is 5.75 Å². The third-order valence-electron chi connectivity index (χ3n) is 5.42. The minimum absolute atomic E-state index is 0.120. The van der Waals surface area contributed by atoms with Crippen LogP contribution in [0.15, 0.2) is 75.6 Å². The number of rotatable bonds is 5. The fraction of sp³-hybridized carbons (Fsp3) is 0.0800. The fourth-order valence-electron chi connectivity index (χ4n) is 3.39. The smallest absolute Gasteiger partial charge is 0.339 e. The Morgan fingerprint density at radius 1 is 0.944 bits per heavy atom. The highest BCUT2D eigenvalue weighted by Crippen LogP contribution is 2.30. The summed E-state index contributed by atoms with van der Waals surface area (Å²) < 4.78 is 31.5. The first-order chi connectivity index (χ1) is 17.0. The van der Waals surface area contributed by atoms with Gasteiger partial charge in [-0.25, -0.2) is 9.69 Å². The molecule has 1 heterocycles. The van der Waals surface area contributed by atoms with Crippen molar-refractivity contribution in [1.29, 1.82) is 0 Å². The van der Waals surface area contributed by atoms with Crippen LogP contribution in [0.3, 0.4) is 0 Å². The van der Waals surface area contributed by atoms with Crippen molar-refractivity contribution in [2.75, 3.05) is 4.90 Å². The standard InChI is InChI=1S/C25H18BrClN2O6S/c1-14-3-7-19(11-15(14)2)29-24(31)21(23(30)28-25(29)32)13-16-12-17(26)4-10-22(16)35-36(33,34)20-8-5-18(27)6-9-20/h3-13H,1-2H3,(H,28,30,32)/b21-13+. The number of hydrogen-bond acceptors (Lipinski definition) is 6. The van der Waals surface area contributed by atoms with Gasteiger partial charge in [0, 0.05) is 15.1 Å². The normalized spacial score (nSPS) is 15.3. The van der Waals surface area contributed by atoms with E-state index >= 15 is 0 Å². The molecule has 0 radical (unpaired) electrons. The van der Waals surface area contributed by atoms with E-state index < -0.39 is 28.0 Å². The van der Waals surface area contributed by atoms with Crippen molar-refractivity contribution in [3.8, 4) is 5.75 Å². The third kappa shape index (κ3) is 5.20. The van der Waals surface area contributed by atoms with Gasteiger partial charge < -0.3 is 4.18 Å². The quantitative estimate of drug-likeness (QED) is 0.250. The van der Waals surface area contributed by atoms with E-state index in [4.69, 9.17) is 15.8 Å². The molecule has 0 bridgehead atoms. The molecular weight excluding hydrogens is 572 g/mol. The van der Waals surface area contributed by atoms with Crippen LogP contribution in [-0.2, 0) is 19.7 Å². The van der Waals surface area contributed by atoms with E-state index in [1.807, 2.05) is 13.8 Å². The number of nitrogens with one attached hydrogen (secondary N) is 1. The monoisotopic (exact) mass is 588 g/mol. The first kappa shape index (κ1) is 25.6. The van der Waals surface area contributed by atoms with Gasteiger partial charge >= 0.3 is 16.1 Å². The van der Waals surface area contributed by atoms with Crippen LogP contribution >= 0.6 is 27.5 Å². The molecule has 0 aliphatic carbocycles. The maximum Gasteiger partial charge on any atom is 0.339 e. The van der Waals surface area contributed by atoms with Crippen LogP contribution in [-0.4, -0.2) is 26.3 Å². The Morgan fingerprint density at radius 2 is 1.64 bits per heavy atom.